The maximum absolute atomic E-state index is 6.26. The molecule has 1 aromatic rings. The van der Waals surface area contributed by atoms with Gasteiger partial charge in [0.2, 0.25) is 0 Å². The fourth-order valence-electron chi connectivity index (χ4n) is 1.91. The molecule has 4 N–H and O–H groups in total. The number of benzene rings is 1. The highest BCUT2D eigenvalue weighted by atomic mass is 32.2. The van der Waals surface area contributed by atoms with E-state index in [4.69, 9.17) is 11.5 Å². The highest BCUT2D eigenvalue weighted by Crippen LogP contribution is 2.26. The van der Waals surface area contributed by atoms with Crippen LogP contribution < -0.4 is 11.5 Å². The van der Waals surface area contributed by atoms with E-state index in [1.54, 1.807) is 11.8 Å². The third kappa shape index (κ3) is 3.24. The van der Waals surface area contributed by atoms with Crippen LogP contribution in [0.3, 0.4) is 0 Å². The number of hydrogen-bond donors (Lipinski definition) is 2. The van der Waals surface area contributed by atoms with Gasteiger partial charge in [0.25, 0.3) is 0 Å². The van der Waals surface area contributed by atoms with E-state index in [0.29, 0.717) is 18.4 Å². The smallest absolute Gasteiger partial charge is 0.0338 e. The third-order valence-corrected chi connectivity index (χ3v) is 3.83. The molecule has 90 valence electrons. The van der Waals surface area contributed by atoms with Crippen molar-refractivity contribution >= 4 is 11.8 Å². The number of rotatable bonds is 5. The van der Waals surface area contributed by atoms with E-state index < -0.39 is 0 Å². The number of nitrogens with two attached hydrogens (primary N) is 2. The minimum absolute atomic E-state index is 0.0425. The van der Waals surface area contributed by atoms with E-state index in [-0.39, 0.29) is 6.04 Å². The average Bonchev–Trinajstić information content (AvgIpc) is 2.29. The largest absolute Gasteiger partial charge is 0.330 e. The van der Waals surface area contributed by atoms with Crippen LogP contribution in [0.15, 0.2) is 29.2 Å². The predicted molar refractivity (Wildman–Crippen MR) is 72.5 cm³/mol. The highest BCUT2D eigenvalue weighted by molar-refractivity contribution is 7.98. The Bertz CT molecular complexity index is 308. The van der Waals surface area contributed by atoms with Gasteiger partial charge in [0.1, 0.15) is 0 Å². The second kappa shape index (κ2) is 6.28. The standard InChI is InChI=1S/C13H22N2S/c1-9(2)12(8-14)13(15)10-4-6-11(16-3)7-5-10/h4-7,9,12-13H,8,14-15H2,1-3H3. The normalized spacial score (nSPS) is 15.1. The van der Waals surface area contributed by atoms with Gasteiger partial charge in [0.05, 0.1) is 0 Å². The number of thioether (sulfide) groups is 1. The summed E-state index contributed by atoms with van der Waals surface area (Å²) in [6.07, 6.45) is 2.08. The Morgan fingerprint density at radius 1 is 1.19 bits per heavy atom. The lowest BCUT2D eigenvalue weighted by Crippen LogP contribution is -2.31. The van der Waals surface area contributed by atoms with E-state index >= 15 is 0 Å². The molecule has 2 unspecified atom stereocenters. The quantitative estimate of drug-likeness (QED) is 0.775. The Balaban J connectivity index is 2.82. The molecule has 16 heavy (non-hydrogen) atoms. The molecule has 0 aromatic heterocycles. The van der Waals surface area contributed by atoms with Crippen molar-refractivity contribution in [2.75, 3.05) is 12.8 Å². The summed E-state index contributed by atoms with van der Waals surface area (Å²) in [5.74, 6) is 0.861. The second-order valence-corrected chi connectivity index (χ2v) is 5.32. The lowest BCUT2D eigenvalue weighted by atomic mass is 9.85. The average molecular weight is 238 g/mol. The van der Waals surface area contributed by atoms with Crippen LogP contribution in [0.25, 0.3) is 0 Å². The summed E-state index contributed by atoms with van der Waals surface area (Å²) in [7, 11) is 0. The molecule has 0 spiro atoms. The topological polar surface area (TPSA) is 52.0 Å². The van der Waals surface area contributed by atoms with Crippen molar-refractivity contribution in [3.63, 3.8) is 0 Å². The second-order valence-electron chi connectivity index (χ2n) is 4.44. The van der Waals surface area contributed by atoms with Crippen LogP contribution in [0.1, 0.15) is 25.5 Å². The van der Waals surface area contributed by atoms with E-state index in [9.17, 15) is 0 Å². The van der Waals surface area contributed by atoms with Gasteiger partial charge in [0.15, 0.2) is 0 Å². The molecule has 3 heteroatoms. The monoisotopic (exact) mass is 238 g/mol. The first kappa shape index (κ1) is 13.6. The Hall–Kier alpha value is -0.510. The molecule has 1 aromatic carbocycles. The van der Waals surface area contributed by atoms with Crippen LogP contribution in [-0.2, 0) is 0 Å². The van der Waals surface area contributed by atoms with Crippen molar-refractivity contribution in [2.24, 2.45) is 23.3 Å². The van der Waals surface area contributed by atoms with Crippen LogP contribution in [0.4, 0.5) is 0 Å². The fourth-order valence-corrected chi connectivity index (χ4v) is 2.32. The van der Waals surface area contributed by atoms with E-state index in [1.807, 2.05) is 0 Å². The van der Waals surface area contributed by atoms with Gasteiger partial charge in [-0.25, -0.2) is 0 Å². The lowest BCUT2D eigenvalue weighted by molar-refractivity contribution is 0.331. The minimum Gasteiger partial charge on any atom is -0.330 e. The molecule has 0 fully saturated rings. The molecular formula is C13H22N2S. The van der Waals surface area contributed by atoms with Crippen molar-refractivity contribution in [3.8, 4) is 0 Å². The Kier molecular flexibility index (Phi) is 5.32. The zero-order valence-electron chi connectivity index (χ0n) is 10.3. The van der Waals surface area contributed by atoms with Crippen LogP contribution in [0.2, 0.25) is 0 Å². The van der Waals surface area contributed by atoms with E-state index in [2.05, 4.69) is 44.4 Å². The van der Waals surface area contributed by atoms with Crippen molar-refractivity contribution in [3.05, 3.63) is 29.8 Å². The summed E-state index contributed by atoms with van der Waals surface area (Å²) in [5.41, 5.74) is 13.2. The molecule has 0 radical (unpaired) electrons. The SMILES string of the molecule is CSc1ccc(C(N)C(CN)C(C)C)cc1. The lowest BCUT2D eigenvalue weighted by Gasteiger charge is -2.26. The summed E-state index contributed by atoms with van der Waals surface area (Å²) in [5, 5.41) is 0. The van der Waals surface area contributed by atoms with Gasteiger partial charge in [-0.15, -0.1) is 11.8 Å². The van der Waals surface area contributed by atoms with E-state index in [1.165, 1.54) is 10.5 Å². The first-order chi connectivity index (χ1) is 7.60. The third-order valence-electron chi connectivity index (χ3n) is 3.09. The maximum Gasteiger partial charge on any atom is 0.0338 e. The fraction of sp³-hybridized carbons (Fsp3) is 0.538. The predicted octanol–water partition coefficient (Wildman–Crippen LogP) is 2.64. The van der Waals surface area contributed by atoms with Gasteiger partial charge in [0, 0.05) is 10.9 Å². The summed E-state index contributed by atoms with van der Waals surface area (Å²) >= 11 is 1.74. The molecule has 0 aliphatic heterocycles. The highest BCUT2D eigenvalue weighted by Gasteiger charge is 2.21. The Morgan fingerprint density at radius 2 is 1.75 bits per heavy atom. The Labute approximate surface area is 103 Å². The van der Waals surface area contributed by atoms with Gasteiger partial charge < -0.3 is 11.5 Å². The van der Waals surface area contributed by atoms with Crippen LogP contribution in [0.5, 0.6) is 0 Å². The molecule has 0 saturated carbocycles. The summed E-state index contributed by atoms with van der Waals surface area (Å²) in [4.78, 5) is 1.27. The van der Waals surface area contributed by atoms with Crippen LogP contribution in [-0.4, -0.2) is 12.8 Å². The van der Waals surface area contributed by atoms with Gasteiger partial charge in [-0.1, -0.05) is 26.0 Å². The molecule has 0 aliphatic carbocycles. The van der Waals surface area contributed by atoms with Crippen molar-refractivity contribution < 1.29 is 0 Å². The van der Waals surface area contributed by atoms with Crippen LogP contribution in [0, 0.1) is 11.8 Å². The van der Waals surface area contributed by atoms with Crippen molar-refractivity contribution in [1.29, 1.82) is 0 Å². The molecule has 0 amide bonds. The van der Waals surface area contributed by atoms with Crippen molar-refractivity contribution in [2.45, 2.75) is 24.8 Å². The summed E-state index contributed by atoms with van der Waals surface area (Å²) < 4.78 is 0. The van der Waals surface area contributed by atoms with Gasteiger partial charge in [-0.2, -0.15) is 0 Å². The molecule has 2 nitrogen and oxygen atoms in total. The first-order valence-electron chi connectivity index (χ1n) is 5.69. The zero-order chi connectivity index (χ0) is 12.1. The molecule has 0 bridgehead atoms. The van der Waals surface area contributed by atoms with Crippen molar-refractivity contribution in [1.82, 2.24) is 0 Å². The molecular weight excluding hydrogens is 216 g/mol. The first-order valence-corrected chi connectivity index (χ1v) is 6.92. The van der Waals surface area contributed by atoms with Gasteiger partial charge in [-0.05, 0) is 42.3 Å². The number of hydrogen-bond acceptors (Lipinski definition) is 3. The zero-order valence-corrected chi connectivity index (χ0v) is 11.1. The molecule has 2 atom stereocenters. The molecule has 0 aliphatic rings. The van der Waals surface area contributed by atoms with Gasteiger partial charge >= 0.3 is 0 Å². The van der Waals surface area contributed by atoms with Crippen LogP contribution >= 0.6 is 11.8 Å². The Morgan fingerprint density at radius 3 is 2.12 bits per heavy atom. The maximum atomic E-state index is 6.26. The molecule has 0 saturated heterocycles. The van der Waals surface area contributed by atoms with E-state index in [0.717, 1.165) is 0 Å². The molecule has 0 heterocycles. The molecule has 1 rings (SSSR count). The summed E-state index contributed by atoms with van der Waals surface area (Å²) in [6.45, 7) is 4.99. The van der Waals surface area contributed by atoms with Gasteiger partial charge in [-0.3, -0.25) is 0 Å². The summed E-state index contributed by atoms with van der Waals surface area (Å²) in [6, 6.07) is 8.51. The minimum atomic E-state index is 0.0425.